The van der Waals surface area contributed by atoms with E-state index in [4.69, 9.17) is 0 Å². The predicted molar refractivity (Wildman–Crippen MR) is 67.9 cm³/mol. The highest BCUT2D eigenvalue weighted by Crippen LogP contribution is 2.36. The monoisotopic (exact) mass is 228 g/mol. The van der Waals surface area contributed by atoms with Gasteiger partial charge in [-0.3, -0.25) is 4.79 Å². The molecule has 2 aromatic rings. The quantitative estimate of drug-likeness (QED) is 0.833. The first kappa shape index (κ1) is 10.4. The molecule has 0 radical (unpaired) electrons. The Morgan fingerprint density at radius 3 is 3.06 bits per heavy atom. The molecule has 0 bridgehead atoms. The highest BCUT2D eigenvalue weighted by Gasteiger charge is 2.32. The van der Waals surface area contributed by atoms with E-state index in [2.05, 4.69) is 17.2 Å². The van der Waals surface area contributed by atoms with Gasteiger partial charge in [-0.2, -0.15) is 0 Å². The van der Waals surface area contributed by atoms with Crippen LogP contribution in [0.25, 0.3) is 10.9 Å². The molecule has 1 heterocycles. The van der Waals surface area contributed by atoms with Crippen molar-refractivity contribution >= 4 is 16.8 Å². The summed E-state index contributed by atoms with van der Waals surface area (Å²) in [4.78, 5) is 15.0. The number of rotatable bonds is 3. The van der Waals surface area contributed by atoms with Gasteiger partial charge in [-0.1, -0.05) is 6.92 Å². The predicted octanol–water partition coefficient (Wildman–Crippen LogP) is 2.55. The standard InChI is InChI=1S/C14H16N2O/c1-9-6-12(9)8-16-14(17)11-2-3-13-10(7-11)4-5-15-13/h2-5,7,9,12,15H,6,8H2,1H3,(H,16,17). The summed E-state index contributed by atoms with van der Waals surface area (Å²) in [5, 5.41) is 4.08. The van der Waals surface area contributed by atoms with Crippen LogP contribution in [0.4, 0.5) is 0 Å². The Bertz CT molecular complexity index is 558. The summed E-state index contributed by atoms with van der Waals surface area (Å²) in [5.41, 5.74) is 1.81. The number of H-pyrrole nitrogens is 1. The number of aromatic nitrogens is 1. The second kappa shape index (κ2) is 3.91. The fraction of sp³-hybridized carbons (Fsp3) is 0.357. The minimum absolute atomic E-state index is 0.0344. The fourth-order valence-corrected chi connectivity index (χ4v) is 2.20. The zero-order chi connectivity index (χ0) is 11.8. The Labute approximate surface area is 100 Å². The van der Waals surface area contributed by atoms with E-state index in [1.54, 1.807) is 0 Å². The van der Waals surface area contributed by atoms with Gasteiger partial charge in [-0.15, -0.1) is 0 Å². The second-order valence-electron chi connectivity index (χ2n) is 4.96. The zero-order valence-corrected chi connectivity index (χ0v) is 9.86. The Balaban J connectivity index is 1.71. The van der Waals surface area contributed by atoms with Crippen LogP contribution in [0.15, 0.2) is 30.5 Å². The Hall–Kier alpha value is -1.77. The molecule has 2 unspecified atom stereocenters. The lowest BCUT2D eigenvalue weighted by molar-refractivity contribution is 0.0951. The molecular weight excluding hydrogens is 212 g/mol. The van der Waals surface area contributed by atoms with Crippen molar-refractivity contribution in [3.8, 4) is 0 Å². The fourth-order valence-electron chi connectivity index (χ4n) is 2.20. The molecule has 1 amide bonds. The smallest absolute Gasteiger partial charge is 0.251 e. The van der Waals surface area contributed by atoms with Gasteiger partial charge < -0.3 is 10.3 Å². The van der Waals surface area contributed by atoms with Gasteiger partial charge in [-0.25, -0.2) is 0 Å². The third-order valence-electron chi connectivity index (χ3n) is 3.62. The number of aromatic amines is 1. The Kier molecular flexibility index (Phi) is 2.39. The molecule has 17 heavy (non-hydrogen) atoms. The van der Waals surface area contributed by atoms with Crippen molar-refractivity contribution in [2.24, 2.45) is 11.8 Å². The van der Waals surface area contributed by atoms with Crippen molar-refractivity contribution in [3.63, 3.8) is 0 Å². The van der Waals surface area contributed by atoms with E-state index in [-0.39, 0.29) is 5.91 Å². The summed E-state index contributed by atoms with van der Waals surface area (Å²) < 4.78 is 0. The van der Waals surface area contributed by atoms with Gasteiger partial charge in [0.05, 0.1) is 0 Å². The van der Waals surface area contributed by atoms with Gasteiger partial charge in [0.1, 0.15) is 0 Å². The van der Waals surface area contributed by atoms with Gasteiger partial charge in [0.15, 0.2) is 0 Å². The van der Waals surface area contributed by atoms with Crippen LogP contribution in [-0.2, 0) is 0 Å². The minimum Gasteiger partial charge on any atom is -0.361 e. The number of fused-ring (bicyclic) bond motifs is 1. The first-order valence-electron chi connectivity index (χ1n) is 6.09. The number of carbonyl (C=O) groups is 1. The molecule has 1 saturated carbocycles. The van der Waals surface area contributed by atoms with Crippen LogP contribution in [0.2, 0.25) is 0 Å². The van der Waals surface area contributed by atoms with Crippen LogP contribution in [0.3, 0.4) is 0 Å². The molecule has 1 aliphatic rings. The SMILES string of the molecule is CC1CC1CNC(=O)c1ccc2[nH]ccc2c1. The molecule has 3 rings (SSSR count). The third-order valence-corrected chi connectivity index (χ3v) is 3.62. The van der Waals surface area contributed by atoms with Crippen LogP contribution < -0.4 is 5.32 Å². The number of nitrogens with one attached hydrogen (secondary N) is 2. The van der Waals surface area contributed by atoms with Gasteiger partial charge in [0.2, 0.25) is 0 Å². The van der Waals surface area contributed by atoms with Crippen LogP contribution >= 0.6 is 0 Å². The van der Waals surface area contributed by atoms with Crippen molar-refractivity contribution in [2.75, 3.05) is 6.54 Å². The molecule has 3 nitrogen and oxygen atoms in total. The molecule has 2 N–H and O–H groups in total. The van der Waals surface area contributed by atoms with Gasteiger partial charge in [0.25, 0.3) is 5.91 Å². The first-order chi connectivity index (χ1) is 8.24. The molecule has 3 heteroatoms. The van der Waals surface area contributed by atoms with Crippen molar-refractivity contribution in [3.05, 3.63) is 36.0 Å². The van der Waals surface area contributed by atoms with Crippen molar-refractivity contribution in [1.29, 1.82) is 0 Å². The number of hydrogen-bond acceptors (Lipinski definition) is 1. The van der Waals surface area contributed by atoms with Gasteiger partial charge in [-0.05, 0) is 42.5 Å². The largest absolute Gasteiger partial charge is 0.361 e. The maximum Gasteiger partial charge on any atom is 0.251 e. The van der Waals surface area contributed by atoms with E-state index >= 15 is 0 Å². The molecule has 0 aliphatic heterocycles. The van der Waals surface area contributed by atoms with Crippen molar-refractivity contribution in [2.45, 2.75) is 13.3 Å². The second-order valence-corrected chi connectivity index (χ2v) is 4.96. The van der Waals surface area contributed by atoms with E-state index in [0.29, 0.717) is 5.92 Å². The maximum atomic E-state index is 11.9. The lowest BCUT2D eigenvalue weighted by atomic mass is 10.1. The number of hydrogen-bond donors (Lipinski definition) is 2. The van der Waals surface area contributed by atoms with Crippen LogP contribution in [-0.4, -0.2) is 17.4 Å². The van der Waals surface area contributed by atoms with E-state index < -0.39 is 0 Å². The zero-order valence-electron chi connectivity index (χ0n) is 9.86. The number of benzene rings is 1. The first-order valence-corrected chi connectivity index (χ1v) is 6.09. The summed E-state index contributed by atoms with van der Waals surface area (Å²) in [6.45, 7) is 3.04. The summed E-state index contributed by atoms with van der Waals surface area (Å²) >= 11 is 0. The molecule has 0 saturated heterocycles. The summed E-state index contributed by atoms with van der Waals surface area (Å²) in [6, 6.07) is 7.72. The summed E-state index contributed by atoms with van der Waals surface area (Å²) in [6.07, 6.45) is 3.13. The molecule has 1 aromatic carbocycles. The van der Waals surface area contributed by atoms with Gasteiger partial charge >= 0.3 is 0 Å². The minimum atomic E-state index is 0.0344. The Morgan fingerprint density at radius 2 is 2.29 bits per heavy atom. The lowest BCUT2D eigenvalue weighted by Gasteiger charge is -2.04. The van der Waals surface area contributed by atoms with Crippen LogP contribution in [0.5, 0.6) is 0 Å². The average molecular weight is 228 g/mol. The van der Waals surface area contributed by atoms with Crippen LogP contribution in [0.1, 0.15) is 23.7 Å². The van der Waals surface area contributed by atoms with E-state index in [9.17, 15) is 4.79 Å². The topological polar surface area (TPSA) is 44.9 Å². The number of carbonyl (C=O) groups excluding carboxylic acids is 1. The van der Waals surface area contributed by atoms with Gasteiger partial charge in [0, 0.05) is 29.2 Å². The maximum absolute atomic E-state index is 11.9. The molecule has 0 spiro atoms. The molecule has 1 aliphatic carbocycles. The molecule has 1 fully saturated rings. The summed E-state index contributed by atoms with van der Waals surface area (Å²) in [7, 11) is 0. The van der Waals surface area contributed by atoms with E-state index in [1.807, 2.05) is 30.5 Å². The molecule has 88 valence electrons. The molecule has 2 atom stereocenters. The van der Waals surface area contributed by atoms with Crippen molar-refractivity contribution in [1.82, 2.24) is 10.3 Å². The third kappa shape index (κ3) is 2.05. The molecular formula is C14H16N2O. The highest BCUT2D eigenvalue weighted by molar-refractivity contribution is 5.98. The van der Waals surface area contributed by atoms with Crippen molar-refractivity contribution < 1.29 is 4.79 Å². The molecule has 1 aromatic heterocycles. The number of amides is 1. The normalized spacial score (nSPS) is 22.6. The highest BCUT2D eigenvalue weighted by atomic mass is 16.1. The van der Waals surface area contributed by atoms with E-state index in [1.165, 1.54) is 6.42 Å². The average Bonchev–Trinajstić information content (AvgIpc) is 2.86. The van der Waals surface area contributed by atoms with Crippen LogP contribution in [0, 0.1) is 11.8 Å². The van der Waals surface area contributed by atoms with E-state index in [0.717, 1.165) is 28.9 Å². The lowest BCUT2D eigenvalue weighted by Crippen LogP contribution is -2.25. The summed E-state index contributed by atoms with van der Waals surface area (Å²) in [5.74, 6) is 1.50. The Morgan fingerprint density at radius 1 is 1.47 bits per heavy atom.